The van der Waals surface area contributed by atoms with Gasteiger partial charge in [-0.3, -0.25) is 4.98 Å². The number of aromatic nitrogens is 3. The molecule has 0 aliphatic rings. The molecule has 0 saturated carbocycles. The Morgan fingerprint density at radius 3 is 2.68 bits per heavy atom. The second kappa shape index (κ2) is 7.96. The molecule has 0 bridgehead atoms. The van der Waals surface area contributed by atoms with Crippen molar-refractivity contribution in [2.75, 3.05) is 10.6 Å². The third-order valence-electron chi connectivity index (χ3n) is 2.79. The summed E-state index contributed by atoms with van der Waals surface area (Å²) in [5.41, 5.74) is 2.12. The molecule has 1 aromatic carbocycles. The van der Waals surface area contributed by atoms with Crippen LogP contribution in [-0.4, -0.2) is 15.0 Å². The Morgan fingerprint density at radius 1 is 1.00 bits per heavy atom. The summed E-state index contributed by atoms with van der Waals surface area (Å²) < 4.78 is 0. The Hall–Kier alpha value is -1.85. The van der Waals surface area contributed by atoms with Crippen LogP contribution in [-0.2, 0) is 32.7 Å². The Morgan fingerprint density at radius 2 is 1.91 bits per heavy atom. The van der Waals surface area contributed by atoms with Crippen molar-refractivity contribution in [1.29, 1.82) is 0 Å². The molecule has 2 N–H and O–H groups in total. The van der Waals surface area contributed by atoms with Gasteiger partial charge in [-0.2, -0.15) is 0 Å². The van der Waals surface area contributed by atoms with Crippen LogP contribution in [0.25, 0.3) is 0 Å². The molecule has 2 heterocycles. The molecule has 0 amide bonds. The molecule has 0 spiro atoms. The summed E-state index contributed by atoms with van der Waals surface area (Å²) >= 11 is 0. The van der Waals surface area contributed by atoms with Crippen molar-refractivity contribution in [3.63, 3.8) is 0 Å². The fourth-order valence-electron chi connectivity index (χ4n) is 1.86. The Labute approximate surface area is 154 Å². The number of hydrogen-bond donors (Lipinski definition) is 2. The van der Waals surface area contributed by atoms with Gasteiger partial charge in [0, 0.05) is 44.6 Å². The minimum absolute atomic E-state index is 0. The molecule has 0 aliphatic heterocycles. The second-order valence-electron chi connectivity index (χ2n) is 4.52. The Bertz CT molecular complexity index is 733. The van der Waals surface area contributed by atoms with Crippen molar-refractivity contribution >= 4 is 23.3 Å². The number of rotatable bonds is 4. The van der Waals surface area contributed by atoms with E-state index < -0.39 is 0 Å². The van der Waals surface area contributed by atoms with E-state index in [1.165, 1.54) is 5.56 Å². The first-order chi connectivity index (χ1) is 10.3. The summed E-state index contributed by atoms with van der Waals surface area (Å²) in [4.78, 5) is 12.7. The van der Waals surface area contributed by atoms with Crippen LogP contribution in [0.1, 0.15) is 5.56 Å². The van der Waals surface area contributed by atoms with E-state index in [9.17, 15) is 0 Å². The van der Waals surface area contributed by atoms with E-state index in [0.717, 1.165) is 5.69 Å². The van der Waals surface area contributed by atoms with Crippen molar-refractivity contribution in [2.45, 2.75) is 6.92 Å². The summed E-state index contributed by atoms with van der Waals surface area (Å²) in [6, 6.07) is 16.6. The van der Waals surface area contributed by atoms with Gasteiger partial charge < -0.3 is 16.7 Å². The van der Waals surface area contributed by atoms with Gasteiger partial charge in [0.15, 0.2) is 0 Å². The number of nitrogens with one attached hydrogen (secondary N) is 2. The van der Waals surface area contributed by atoms with Crippen LogP contribution in [0.3, 0.4) is 0 Å². The zero-order valence-electron chi connectivity index (χ0n) is 12.1. The van der Waals surface area contributed by atoms with Gasteiger partial charge in [0.1, 0.15) is 5.82 Å². The first kappa shape index (κ1) is 16.5. The number of hydrogen-bond acceptors (Lipinski definition) is 5. The molecule has 6 heteroatoms. The van der Waals surface area contributed by atoms with Crippen LogP contribution < -0.4 is 10.6 Å². The van der Waals surface area contributed by atoms with Crippen LogP contribution >= 0.6 is 0 Å². The van der Waals surface area contributed by atoms with E-state index in [2.05, 4.69) is 31.7 Å². The molecule has 0 atom stereocenters. The van der Waals surface area contributed by atoms with Crippen LogP contribution in [0.2, 0.25) is 0 Å². The molecule has 2 aromatic heterocycles. The summed E-state index contributed by atoms with van der Waals surface area (Å²) in [7, 11) is 0. The minimum atomic E-state index is 0. The van der Waals surface area contributed by atoms with Crippen LogP contribution in [0, 0.1) is 13.0 Å². The molecule has 1 radical (unpaired) electrons. The monoisotopic (exact) mass is 365 g/mol. The summed E-state index contributed by atoms with van der Waals surface area (Å²) in [5, 5.41) is 6.25. The molecule has 5 nitrogen and oxygen atoms in total. The number of pyridine rings is 1. The van der Waals surface area contributed by atoms with E-state index in [0.29, 0.717) is 17.6 Å². The third kappa shape index (κ3) is 4.58. The van der Waals surface area contributed by atoms with E-state index in [-0.39, 0.29) is 32.7 Å². The molecule has 107 valence electrons. The first-order valence-electron chi connectivity index (χ1n) is 6.56. The van der Waals surface area contributed by atoms with E-state index >= 15 is 0 Å². The molecule has 0 unspecified atom stereocenters. The van der Waals surface area contributed by atoms with E-state index in [1.54, 1.807) is 12.4 Å². The molecule has 0 fully saturated rings. The number of anilines is 4. The maximum absolute atomic E-state index is 4.36. The molecule has 3 rings (SSSR count). The molecular formula is C16H14N5Y-. The van der Waals surface area contributed by atoms with Gasteiger partial charge in [0.25, 0.3) is 0 Å². The minimum Gasteiger partial charge on any atom is -0.408 e. The van der Waals surface area contributed by atoms with Gasteiger partial charge >= 0.3 is 0 Å². The maximum Gasteiger partial charge on any atom is 0.223 e. The number of nitrogens with zero attached hydrogens (tertiary/aromatic N) is 3. The van der Waals surface area contributed by atoms with Gasteiger partial charge in [-0.25, -0.2) is 9.97 Å². The molecule has 22 heavy (non-hydrogen) atoms. The van der Waals surface area contributed by atoms with Crippen LogP contribution in [0.4, 0.5) is 23.3 Å². The van der Waals surface area contributed by atoms with Crippen molar-refractivity contribution in [1.82, 2.24) is 15.0 Å². The first-order valence-corrected chi connectivity index (χ1v) is 6.56. The Balaban J connectivity index is 0.00000176. The molecule has 3 aromatic rings. The van der Waals surface area contributed by atoms with E-state index in [1.807, 2.05) is 49.4 Å². The normalized spacial score (nSPS) is 9.68. The van der Waals surface area contributed by atoms with Crippen molar-refractivity contribution in [3.8, 4) is 0 Å². The summed E-state index contributed by atoms with van der Waals surface area (Å²) in [6.07, 6.45) is 3.30. The predicted molar refractivity (Wildman–Crippen MR) is 82.8 cm³/mol. The Kier molecular flexibility index (Phi) is 5.98. The summed E-state index contributed by atoms with van der Waals surface area (Å²) in [6.45, 7) is 2.04. The summed E-state index contributed by atoms with van der Waals surface area (Å²) in [5.74, 6) is 1.80. The topological polar surface area (TPSA) is 62.7 Å². The quantitative estimate of drug-likeness (QED) is 0.694. The fraction of sp³-hybridized carbons (Fsp3) is 0.0625. The third-order valence-corrected chi connectivity index (χ3v) is 2.79. The maximum atomic E-state index is 4.36. The smallest absolute Gasteiger partial charge is 0.223 e. The van der Waals surface area contributed by atoms with Crippen LogP contribution in [0.5, 0.6) is 0 Å². The van der Waals surface area contributed by atoms with Crippen molar-refractivity contribution < 1.29 is 32.7 Å². The number of benzene rings is 1. The SMILES string of the molecule is Cc1cccc(Nc2nc[c-]c(Nc3ccccn3)n2)c1.[Y]. The van der Waals surface area contributed by atoms with Gasteiger partial charge in [-0.1, -0.05) is 18.2 Å². The van der Waals surface area contributed by atoms with Crippen molar-refractivity contribution in [3.05, 3.63) is 66.5 Å². The standard InChI is InChI=1S/C16H14N5.Y/c1-12-5-4-6-13(11-12)19-16-18-10-8-15(21-16)20-14-7-2-3-9-17-14;/h2-7,9-11H,1H3,(H2,17,18,19,20,21);/q-1;. The largest absolute Gasteiger partial charge is 0.408 e. The zero-order chi connectivity index (χ0) is 14.5. The van der Waals surface area contributed by atoms with E-state index in [4.69, 9.17) is 0 Å². The average molecular weight is 365 g/mol. The predicted octanol–water partition coefficient (Wildman–Crippen LogP) is 3.46. The fourth-order valence-corrected chi connectivity index (χ4v) is 1.86. The molecular weight excluding hydrogens is 351 g/mol. The zero-order valence-corrected chi connectivity index (χ0v) is 15.0. The van der Waals surface area contributed by atoms with Gasteiger partial charge in [0.05, 0.1) is 0 Å². The van der Waals surface area contributed by atoms with Gasteiger partial charge in [-0.05, 0) is 42.6 Å². The van der Waals surface area contributed by atoms with Crippen molar-refractivity contribution in [2.24, 2.45) is 0 Å². The number of aryl methyl sites for hydroxylation is 1. The molecule has 0 aliphatic carbocycles. The molecule has 0 saturated heterocycles. The van der Waals surface area contributed by atoms with Gasteiger partial charge in [0.2, 0.25) is 5.95 Å². The van der Waals surface area contributed by atoms with Crippen LogP contribution in [0.15, 0.2) is 54.9 Å². The second-order valence-corrected chi connectivity index (χ2v) is 4.52. The average Bonchev–Trinajstić information content (AvgIpc) is 2.49. The van der Waals surface area contributed by atoms with Gasteiger partial charge in [-0.15, -0.1) is 6.20 Å².